The fraction of sp³-hybridized carbons (Fsp3) is 0.611. The number of hydrogen-bond acceptors (Lipinski definition) is 11. The molecule has 11 heteroatoms. The number of nitrogens with zero attached hydrogens (tertiary/aromatic N) is 1. The summed E-state index contributed by atoms with van der Waals surface area (Å²) in [6.45, 7) is 3.29. The van der Waals surface area contributed by atoms with Gasteiger partial charge in [-0.3, -0.25) is 19.4 Å². The maximum Gasteiger partial charge on any atom is 0.373 e. The van der Waals surface area contributed by atoms with Gasteiger partial charge in [-0.1, -0.05) is 0 Å². The lowest BCUT2D eigenvalue weighted by atomic mass is 9.93. The number of methoxy groups -OCH3 is 1. The van der Waals surface area contributed by atoms with Crippen LogP contribution < -0.4 is 0 Å². The smallest absolute Gasteiger partial charge is 0.373 e. The molecule has 29 heavy (non-hydrogen) atoms. The second-order valence-corrected chi connectivity index (χ2v) is 6.25. The summed E-state index contributed by atoms with van der Waals surface area (Å²) in [6.07, 6.45) is -1.29. The molecule has 2 rings (SSSR count). The molecular weight excluding hydrogens is 390 g/mol. The molecule has 0 saturated carbocycles. The highest BCUT2D eigenvalue weighted by Gasteiger charge is 2.48. The van der Waals surface area contributed by atoms with Crippen LogP contribution in [0.15, 0.2) is 16.8 Å². The van der Waals surface area contributed by atoms with Crippen molar-refractivity contribution in [2.24, 2.45) is 4.99 Å². The highest BCUT2D eigenvalue weighted by molar-refractivity contribution is 5.86. The third kappa shape index (κ3) is 6.01. The molecule has 0 amide bonds. The highest BCUT2D eigenvalue weighted by atomic mass is 16.6. The molecule has 2 heterocycles. The number of fused-ring (bicyclic) bond motifs is 1. The number of carbonyl (C=O) groups is 4. The Labute approximate surface area is 166 Å². The predicted molar refractivity (Wildman–Crippen MR) is 94.7 cm³/mol. The van der Waals surface area contributed by atoms with Gasteiger partial charge in [-0.2, -0.15) is 0 Å². The first kappa shape index (κ1) is 22.3. The van der Waals surface area contributed by atoms with E-state index in [9.17, 15) is 19.2 Å². The van der Waals surface area contributed by atoms with E-state index in [1.807, 2.05) is 0 Å². The van der Waals surface area contributed by atoms with E-state index in [2.05, 4.69) is 4.99 Å². The van der Waals surface area contributed by atoms with Gasteiger partial charge in [0.15, 0.2) is 18.3 Å². The van der Waals surface area contributed by atoms with E-state index >= 15 is 0 Å². The molecular formula is C18H23NO10. The second kappa shape index (κ2) is 10.0. The lowest BCUT2D eigenvalue weighted by Crippen LogP contribution is -2.56. The van der Waals surface area contributed by atoms with Crippen LogP contribution in [0, 0.1) is 0 Å². The fourth-order valence-corrected chi connectivity index (χ4v) is 2.96. The summed E-state index contributed by atoms with van der Waals surface area (Å²) in [4.78, 5) is 50.9. The number of hydrogen-bond donors (Lipinski definition) is 0. The Kier molecular flexibility index (Phi) is 7.71. The van der Waals surface area contributed by atoms with E-state index in [0.29, 0.717) is 0 Å². The van der Waals surface area contributed by atoms with Crippen LogP contribution >= 0.6 is 0 Å². The standard InChI is InChI=1S/C18H23NO10/c1-9(20)26-8-14(27-10(2)21)16(28-11(3)22)17-15-12(25-6-5-19-15)7-13(29-17)18(23)24-4/h5,7,12,14-17H,6,8H2,1-4H3/t12-,14+,15+,16+,17+/m0/s1. The molecule has 0 fully saturated rings. The minimum absolute atomic E-state index is 0.165. The zero-order chi connectivity index (χ0) is 21.6. The van der Waals surface area contributed by atoms with E-state index in [0.717, 1.165) is 13.8 Å². The van der Waals surface area contributed by atoms with Crippen molar-refractivity contribution in [2.75, 3.05) is 20.3 Å². The summed E-state index contributed by atoms with van der Waals surface area (Å²) >= 11 is 0. The molecule has 0 saturated heterocycles. The molecule has 0 aromatic carbocycles. The van der Waals surface area contributed by atoms with Gasteiger partial charge in [-0.25, -0.2) is 4.79 Å². The number of ether oxygens (including phenoxy) is 6. The van der Waals surface area contributed by atoms with Crippen molar-refractivity contribution in [1.82, 2.24) is 0 Å². The van der Waals surface area contributed by atoms with E-state index in [1.54, 1.807) is 0 Å². The number of carbonyl (C=O) groups excluding carboxylic acids is 4. The van der Waals surface area contributed by atoms with Crippen LogP contribution in [0.3, 0.4) is 0 Å². The molecule has 0 spiro atoms. The maximum absolute atomic E-state index is 12.0. The lowest BCUT2D eigenvalue weighted by Gasteiger charge is -2.40. The van der Waals surface area contributed by atoms with Crippen molar-refractivity contribution in [1.29, 1.82) is 0 Å². The molecule has 0 N–H and O–H groups in total. The van der Waals surface area contributed by atoms with Crippen molar-refractivity contribution in [2.45, 2.75) is 51.2 Å². The topological polar surface area (TPSA) is 136 Å². The normalized spacial score (nSPS) is 24.7. The van der Waals surface area contributed by atoms with Crippen LogP contribution in [0.2, 0.25) is 0 Å². The second-order valence-electron chi connectivity index (χ2n) is 6.25. The van der Waals surface area contributed by atoms with Gasteiger partial charge >= 0.3 is 23.9 Å². The van der Waals surface area contributed by atoms with Crippen molar-refractivity contribution < 1.29 is 47.6 Å². The molecule has 11 nitrogen and oxygen atoms in total. The van der Waals surface area contributed by atoms with Crippen molar-refractivity contribution in [3.8, 4) is 0 Å². The van der Waals surface area contributed by atoms with Crippen LogP contribution in [0.25, 0.3) is 0 Å². The minimum atomic E-state index is -1.25. The van der Waals surface area contributed by atoms with Gasteiger partial charge in [-0.15, -0.1) is 0 Å². The zero-order valence-electron chi connectivity index (χ0n) is 16.5. The number of esters is 4. The van der Waals surface area contributed by atoms with Gasteiger partial charge in [-0.05, 0) is 6.08 Å². The van der Waals surface area contributed by atoms with Crippen LogP contribution in [-0.2, 0) is 47.6 Å². The fourth-order valence-electron chi connectivity index (χ4n) is 2.96. The van der Waals surface area contributed by atoms with E-state index < -0.39 is 60.9 Å². The zero-order valence-corrected chi connectivity index (χ0v) is 16.5. The maximum atomic E-state index is 12.0. The first-order valence-corrected chi connectivity index (χ1v) is 8.80. The highest BCUT2D eigenvalue weighted by Crippen LogP contribution is 2.30. The quantitative estimate of drug-likeness (QED) is 0.404. The van der Waals surface area contributed by atoms with E-state index in [4.69, 9.17) is 28.4 Å². The lowest BCUT2D eigenvalue weighted by molar-refractivity contribution is -0.189. The van der Waals surface area contributed by atoms with Gasteiger partial charge in [0.05, 0.1) is 13.7 Å². The van der Waals surface area contributed by atoms with Crippen molar-refractivity contribution in [3.05, 3.63) is 11.8 Å². The minimum Gasteiger partial charge on any atom is -0.477 e. The summed E-state index contributed by atoms with van der Waals surface area (Å²) in [5.74, 6) is -2.96. The van der Waals surface area contributed by atoms with Gasteiger partial charge < -0.3 is 28.4 Å². The Bertz CT molecular complexity index is 715. The van der Waals surface area contributed by atoms with Gasteiger partial charge in [0.2, 0.25) is 5.76 Å². The molecule has 2 aliphatic heterocycles. The third-order valence-electron chi connectivity index (χ3n) is 4.04. The molecule has 0 radical (unpaired) electrons. The average Bonchev–Trinajstić information content (AvgIpc) is 2.67. The van der Waals surface area contributed by atoms with Crippen LogP contribution in [0.1, 0.15) is 20.8 Å². The van der Waals surface area contributed by atoms with Crippen LogP contribution in [-0.4, -0.2) is 80.9 Å². The molecule has 0 aromatic rings. The summed E-state index contributed by atoms with van der Waals surface area (Å²) < 4.78 is 31.5. The summed E-state index contributed by atoms with van der Waals surface area (Å²) in [5, 5.41) is 0. The Morgan fingerprint density at radius 2 is 1.83 bits per heavy atom. The number of rotatable bonds is 7. The SMILES string of the molecule is COC(=O)C1=C[C@@H]2OCC=N[C@H]2[C@H]([C@H](OC(C)=O)[C@@H](COC(C)=O)OC(C)=O)O1. The monoisotopic (exact) mass is 413 g/mol. The van der Waals surface area contributed by atoms with Crippen molar-refractivity contribution >= 4 is 30.1 Å². The van der Waals surface area contributed by atoms with Gasteiger partial charge in [0.25, 0.3) is 0 Å². The first-order valence-electron chi connectivity index (χ1n) is 8.80. The third-order valence-corrected chi connectivity index (χ3v) is 4.04. The van der Waals surface area contributed by atoms with Gasteiger partial charge in [0.1, 0.15) is 18.8 Å². The Balaban J connectivity index is 2.41. The Morgan fingerprint density at radius 3 is 2.41 bits per heavy atom. The first-order chi connectivity index (χ1) is 13.7. The molecule has 160 valence electrons. The Hall–Kier alpha value is -2.95. The van der Waals surface area contributed by atoms with Crippen LogP contribution in [0.5, 0.6) is 0 Å². The molecule has 0 unspecified atom stereocenters. The molecule has 2 aliphatic rings. The summed E-state index contributed by atoms with van der Waals surface area (Å²) in [7, 11) is 1.18. The molecule has 0 bridgehead atoms. The largest absolute Gasteiger partial charge is 0.477 e. The Morgan fingerprint density at radius 1 is 1.14 bits per heavy atom. The van der Waals surface area contributed by atoms with E-state index in [1.165, 1.54) is 26.3 Å². The number of aliphatic imine (C=N–C) groups is 1. The van der Waals surface area contributed by atoms with Crippen LogP contribution in [0.4, 0.5) is 0 Å². The molecule has 0 aliphatic carbocycles. The van der Waals surface area contributed by atoms with E-state index in [-0.39, 0.29) is 12.4 Å². The van der Waals surface area contributed by atoms with Gasteiger partial charge in [0, 0.05) is 27.0 Å². The molecule has 0 aromatic heterocycles. The summed E-state index contributed by atoms with van der Waals surface area (Å²) in [5.41, 5.74) is 0. The predicted octanol–water partition coefficient (Wildman–Crippen LogP) is -0.293. The summed E-state index contributed by atoms with van der Waals surface area (Å²) in [6, 6.07) is -0.711. The average molecular weight is 413 g/mol. The molecule has 5 atom stereocenters. The van der Waals surface area contributed by atoms with Crippen molar-refractivity contribution in [3.63, 3.8) is 0 Å².